The van der Waals surface area contributed by atoms with Crippen LogP contribution in [0.15, 0.2) is 36.4 Å². The quantitative estimate of drug-likeness (QED) is 0.285. The molecule has 0 aliphatic heterocycles. The van der Waals surface area contributed by atoms with Crippen LogP contribution >= 0.6 is 0 Å². The predicted octanol–water partition coefficient (Wildman–Crippen LogP) is 5.76. The summed E-state index contributed by atoms with van der Waals surface area (Å²) in [6.45, 7) is 4.15. The molecule has 2 aromatic rings. The van der Waals surface area contributed by atoms with Gasteiger partial charge in [-0.15, -0.1) is 0 Å². The summed E-state index contributed by atoms with van der Waals surface area (Å²) >= 11 is 0. The van der Waals surface area contributed by atoms with Gasteiger partial charge in [0.25, 0.3) is 5.69 Å². The minimum absolute atomic E-state index is 0.0548. The summed E-state index contributed by atoms with van der Waals surface area (Å²) in [7, 11) is 3.72. The van der Waals surface area contributed by atoms with E-state index in [1.807, 2.05) is 25.9 Å². The summed E-state index contributed by atoms with van der Waals surface area (Å²) in [5, 5.41) is 20.9. The number of anilines is 1. The number of benzene rings is 2. The van der Waals surface area contributed by atoms with E-state index in [4.69, 9.17) is 9.84 Å². The summed E-state index contributed by atoms with van der Waals surface area (Å²) < 4.78 is 6.10. The fourth-order valence-electron chi connectivity index (χ4n) is 3.31. The van der Waals surface area contributed by atoms with E-state index in [-0.39, 0.29) is 17.4 Å². The number of nitro groups is 1. The maximum atomic E-state index is 11.8. The monoisotopic (exact) mass is 414 g/mol. The van der Waals surface area contributed by atoms with Crippen molar-refractivity contribution < 1.29 is 19.6 Å². The van der Waals surface area contributed by atoms with Crippen molar-refractivity contribution in [1.82, 2.24) is 0 Å². The summed E-state index contributed by atoms with van der Waals surface area (Å²) in [6.07, 6.45) is 5.40. The van der Waals surface area contributed by atoms with Crippen molar-refractivity contribution >= 4 is 17.3 Å². The SMILES string of the molecule is CCCCCC[C@@H](C)Oc1cc([N+](=O)[O-])c(-c2ccc(C(=O)O)cc2)cc1N(C)C. The minimum atomic E-state index is -1.04. The number of carboxylic acid groups (broad SMARTS) is 1. The fraction of sp³-hybridized carbons (Fsp3) is 0.435. The third kappa shape index (κ3) is 5.95. The van der Waals surface area contributed by atoms with Crippen LogP contribution in [0.4, 0.5) is 11.4 Å². The molecule has 7 heteroatoms. The topological polar surface area (TPSA) is 92.9 Å². The maximum absolute atomic E-state index is 11.8. The lowest BCUT2D eigenvalue weighted by molar-refractivity contribution is -0.384. The predicted molar refractivity (Wildman–Crippen MR) is 119 cm³/mol. The molecular formula is C23H30N2O5. The van der Waals surface area contributed by atoms with E-state index >= 15 is 0 Å². The highest BCUT2D eigenvalue weighted by Gasteiger charge is 2.22. The van der Waals surface area contributed by atoms with Gasteiger partial charge in [0.1, 0.15) is 5.75 Å². The average molecular weight is 415 g/mol. The number of rotatable bonds is 11. The molecule has 0 unspecified atom stereocenters. The van der Waals surface area contributed by atoms with Crippen LogP contribution in [0, 0.1) is 10.1 Å². The second kappa shape index (κ2) is 10.6. The lowest BCUT2D eigenvalue weighted by Gasteiger charge is -2.22. The molecule has 2 rings (SSSR count). The molecule has 0 aliphatic rings. The highest BCUT2D eigenvalue weighted by molar-refractivity contribution is 5.89. The first-order chi connectivity index (χ1) is 14.2. The zero-order valence-corrected chi connectivity index (χ0v) is 18.1. The maximum Gasteiger partial charge on any atom is 0.335 e. The Morgan fingerprint density at radius 1 is 1.17 bits per heavy atom. The summed E-state index contributed by atoms with van der Waals surface area (Å²) in [6, 6.07) is 9.26. The average Bonchev–Trinajstić information content (AvgIpc) is 2.70. The van der Waals surface area contributed by atoms with Crippen LogP contribution in [0.2, 0.25) is 0 Å². The normalized spacial score (nSPS) is 11.7. The Kier molecular flexibility index (Phi) is 8.21. The number of ether oxygens (including phenoxy) is 1. The Bertz CT molecular complexity index is 878. The van der Waals surface area contributed by atoms with Gasteiger partial charge in [-0.2, -0.15) is 0 Å². The number of hydrogen-bond donors (Lipinski definition) is 1. The van der Waals surface area contributed by atoms with Crippen molar-refractivity contribution in [1.29, 1.82) is 0 Å². The molecule has 0 heterocycles. The number of nitrogens with zero attached hydrogens (tertiary/aromatic N) is 2. The van der Waals surface area contributed by atoms with Crippen LogP contribution in [0.1, 0.15) is 56.3 Å². The molecule has 0 spiro atoms. The Morgan fingerprint density at radius 2 is 1.83 bits per heavy atom. The van der Waals surface area contributed by atoms with Crippen LogP contribution < -0.4 is 9.64 Å². The van der Waals surface area contributed by atoms with E-state index in [2.05, 4.69) is 6.92 Å². The smallest absolute Gasteiger partial charge is 0.335 e. The van der Waals surface area contributed by atoms with Gasteiger partial charge in [-0.1, -0.05) is 38.3 Å². The molecule has 0 saturated heterocycles. The van der Waals surface area contributed by atoms with Gasteiger partial charge >= 0.3 is 5.97 Å². The molecule has 0 aromatic heterocycles. The zero-order valence-electron chi connectivity index (χ0n) is 18.1. The molecule has 2 aromatic carbocycles. The molecule has 162 valence electrons. The molecule has 30 heavy (non-hydrogen) atoms. The van der Waals surface area contributed by atoms with Gasteiger partial charge in [0, 0.05) is 14.1 Å². The van der Waals surface area contributed by atoms with E-state index in [1.54, 1.807) is 18.2 Å². The van der Waals surface area contributed by atoms with Crippen molar-refractivity contribution in [2.45, 2.75) is 52.1 Å². The molecular weight excluding hydrogens is 384 g/mol. The van der Waals surface area contributed by atoms with Crippen LogP contribution in [0.25, 0.3) is 11.1 Å². The highest BCUT2D eigenvalue weighted by atomic mass is 16.6. The number of nitro benzene ring substituents is 1. The van der Waals surface area contributed by atoms with E-state index in [0.29, 0.717) is 16.9 Å². The van der Waals surface area contributed by atoms with Gasteiger partial charge in [-0.3, -0.25) is 10.1 Å². The van der Waals surface area contributed by atoms with Crippen LogP contribution in [-0.2, 0) is 0 Å². The third-order valence-corrected chi connectivity index (χ3v) is 4.99. The molecule has 0 saturated carbocycles. The van der Waals surface area contributed by atoms with Crippen molar-refractivity contribution in [3.8, 4) is 16.9 Å². The van der Waals surface area contributed by atoms with Gasteiger partial charge in [-0.25, -0.2) is 4.79 Å². The molecule has 1 atom stereocenters. The Labute approximate surface area is 177 Å². The Morgan fingerprint density at radius 3 is 2.37 bits per heavy atom. The molecule has 0 fully saturated rings. The first-order valence-electron chi connectivity index (χ1n) is 10.2. The van der Waals surface area contributed by atoms with Gasteiger partial charge in [0.2, 0.25) is 0 Å². The Hall–Kier alpha value is -3.09. The highest BCUT2D eigenvalue weighted by Crippen LogP contribution is 2.40. The molecule has 0 bridgehead atoms. The second-order valence-corrected chi connectivity index (χ2v) is 7.65. The van der Waals surface area contributed by atoms with E-state index < -0.39 is 10.9 Å². The second-order valence-electron chi connectivity index (χ2n) is 7.65. The van der Waals surface area contributed by atoms with Crippen LogP contribution in [0.5, 0.6) is 5.75 Å². The molecule has 0 radical (unpaired) electrons. The molecule has 7 nitrogen and oxygen atoms in total. The lowest BCUT2D eigenvalue weighted by atomic mass is 10.0. The largest absolute Gasteiger partial charge is 0.488 e. The number of hydrogen-bond acceptors (Lipinski definition) is 5. The van der Waals surface area contributed by atoms with E-state index in [0.717, 1.165) is 24.9 Å². The first-order valence-corrected chi connectivity index (χ1v) is 10.2. The summed E-state index contributed by atoms with van der Waals surface area (Å²) in [4.78, 5) is 24.3. The van der Waals surface area contributed by atoms with Gasteiger partial charge in [-0.05, 0) is 43.5 Å². The number of carboxylic acids is 1. The van der Waals surface area contributed by atoms with Gasteiger partial charge < -0.3 is 14.7 Å². The standard InChI is InChI=1S/C23H30N2O5/c1-5-6-7-8-9-16(2)30-22-15-20(25(28)29)19(14-21(22)24(3)4)17-10-12-18(13-11-17)23(26)27/h10-16H,5-9H2,1-4H3,(H,26,27)/t16-/m1/s1. The fourth-order valence-corrected chi connectivity index (χ4v) is 3.31. The lowest BCUT2D eigenvalue weighted by Crippen LogP contribution is -2.16. The molecule has 0 amide bonds. The Balaban J connectivity index is 2.39. The third-order valence-electron chi connectivity index (χ3n) is 4.99. The molecule has 1 N–H and O–H groups in total. The van der Waals surface area contributed by atoms with Crippen molar-refractivity contribution in [2.24, 2.45) is 0 Å². The van der Waals surface area contributed by atoms with Gasteiger partial charge in [0.05, 0.1) is 33.9 Å². The van der Waals surface area contributed by atoms with Gasteiger partial charge in [0.15, 0.2) is 0 Å². The van der Waals surface area contributed by atoms with Crippen molar-refractivity contribution in [3.05, 3.63) is 52.1 Å². The van der Waals surface area contributed by atoms with Crippen molar-refractivity contribution in [2.75, 3.05) is 19.0 Å². The summed E-state index contributed by atoms with van der Waals surface area (Å²) in [5.41, 5.74) is 1.79. The number of unbranched alkanes of at least 4 members (excludes halogenated alkanes) is 3. The van der Waals surface area contributed by atoms with Crippen LogP contribution in [-0.4, -0.2) is 36.2 Å². The van der Waals surface area contributed by atoms with Crippen molar-refractivity contribution in [3.63, 3.8) is 0 Å². The minimum Gasteiger partial charge on any atom is -0.488 e. The molecule has 0 aliphatic carbocycles. The number of aromatic carboxylic acids is 1. The van der Waals surface area contributed by atoms with E-state index in [9.17, 15) is 14.9 Å². The zero-order chi connectivity index (χ0) is 22.3. The van der Waals surface area contributed by atoms with Crippen LogP contribution in [0.3, 0.4) is 0 Å². The first kappa shape index (κ1) is 23.2. The summed E-state index contributed by atoms with van der Waals surface area (Å²) in [5.74, 6) is -0.567. The van der Waals surface area contributed by atoms with E-state index in [1.165, 1.54) is 31.0 Å². The number of carbonyl (C=O) groups is 1.